The number of benzene rings is 2. The van der Waals surface area contributed by atoms with Crippen molar-refractivity contribution >= 4 is 34.4 Å². The Kier molecular flexibility index (Phi) is 4.96. The number of primary amides is 1. The van der Waals surface area contributed by atoms with Gasteiger partial charge in [0.25, 0.3) is 0 Å². The van der Waals surface area contributed by atoms with E-state index < -0.39 is 11.2 Å². The third kappa shape index (κ3) is 3.49. The third-order valence-corrected chi connectivity index (χ3v) is 4.64. The maximum Gasteiger partial charge on any atom is 0.235 e. The Morgan fingerprint density at radius 3 is 2.54 bits per heavy atom. The predicted octanol–water partition coefficient (Wildman–Crippen LogP) is 3.38. The molecule has 0 saturated carbocycles. The number of anilines is 1. The number of fused-ring (bicyclic) bond motifs is 1. The number of para-hydroxylation sites is 1. The Morgan fingerprint density at radius 2 is 1.83 bits per heavy atom. The van der Waals surface area contributed by atoms with Crippen LogP contribution in [0, 0.1) is 0 Å². The summed E-state index contributed by atoms with van der Waals surface area (Å²) in [6, 6.07) is 17.2. The van der Waals surface area contributed by atoms with Crippen LogP contribution in [0.2, 0.25) is 0 Å². The Labute approximate surface area is 144 Å². The molecule has 0 saturated heterocycles. The zero-order chi connectivity index (χ0) is 16.9. The highest BCUT2D eigenvalue weighted by atomic mass is 32.2. The van der Waals surface area contributed by atoms with E-state index in [9.17, 15) is 4.79 Å². The minimum Gasteiger partial charge on any atom is -0.370 e. The van der Waals surface area contributed by atoms with E-state index in [-0.39, 0.29) is 0 Å². The molecule has 5 nitrogen and oxygen atoms in total. The Hall–Kier alpha value is -2.60. The monoisotopic (exact) mass is 338 g/mol. The highest BCUT2D eigenvalue weighted by Crippen LogP contribution is 2.34. The summed E-state index contributed by atoms with van der Waals surface area (Å²) < 4.78 is 0. The summed E-state index contributed by atoms with van der Waals surface area (Å²) in [5.74, 6) is 0.356. The van der Waals surface area contributed by atoms with Gasteiger partial charge >= 0.3 is 0 Å². The molecule has 2 aromatic carbocycles. The van der Waals surface area contributed by atoms with Crippen molar-refractivity contribution in [2.24, 2.45) is 5.73 Å². The second-order valence-electron chi connectivity index (χ2n) is 5.21. The van der Waals surface area contributed by atoms with E-state index in [0.29, 0.717) is 5.16 Å². The molecule has 1 aromatic heterocycles. The molecule has 0 spiro atoms. The van der Waals surface area contributed by atoms with Crippen molar-refractivity contribution in [3.63, 3.8) is 0 Å². The van der Waals surface area contributed by atoms with Crippen LogP contribution in [0.3, 0.4) is 0 Å². The zero-order valence-corrected chi connectivity index (χ0v) is 14.1. The number of hydrogen-bond donors (Lipinski definition) is 2. The van der Waals surface area contributed by atoms with Crippen LogP contribution in [0.5, 0.6) is 0 Å². The summed E-state index contributed by atoms with van der Waals surface area (Å²) in [5, 5.41) is 4.21. The molecule has 0 aliphatic heterocycles. The van der Waals surface area contributed by atoms with Crippen molar-refractivity contribution in [1.29, 1.82) is 0 Å². The van der Waals surface area contributed by atoms with E-state index in [2.05, 4.69) is 15.3 Å². The molecule has 6 heteroatoms. The standard InChI is InChI=1S/C18H18N4OS/c1-2-20-17-13-10-6-7-11-14(13)21-18(22-17)24-15(16(19)23)12-8-4-3-5-9-12/h3-11,15H,2H2,1H3,(H2,19,23)(H,20,21,22). The fourth-order valence-electron chi connectivity index (χ4n) is 2.43. The average molecular weight is 338 g/mol. The fourth-order valence-corrected chi connectivity index (χ4v) is 3.35. The minimum atomic E-state index is -0.526. The van der Waals surface area contributed by atoms with Gasteiger partial charge in [0.05, 0.1) is 5.52 Å². The van der Waals surface area contributed by atoms with Gasteiger partial charge in [-0.25, -0.2) is 9.97 Å². The molecular formula is C18H18N4OS. The van der Waals surface area contributed by atoms with Crippen LogP contribution in [-0.4, -0.2) is 22.4 Å². The summed E-state index contributed by atoms with van der Waals surface area (Å²) in [5.41, 5.74) is 7.27. The third-order valence-electron chi connectivity index (χ3n) is 3.51. The summed E-state index contributed by atoms with van der Waals surface area (Å²) in [6.45, 7) is 2.77. The zero-order valence-electron chi connectivity index (χ0n) is 13.3. The molecule has 0 radical (unpaired) electrons. The maximum atomic E-state index is 11.9. The van der Waals surface area contributed by atoms with Gasteiger partial charge in [0.2, 0.25) is 5.91 Å². The van der Waals surface area contributed by atoms with Crippen LogP contribution in [0.25, 0.3) is 10.9 Å². The summed E-state index contributed by atoms with van der Waals surface area (Å²) in [4.78, 5) is 21.0. The molecule has 24 heavy (non-hydrogen) atoms. The smallest absolute Gasteiger partial charge is 0.235 e. The number of amides is 1. The van der Waals surface area contributed by atoms with Gasteiger partial charge in [-0.05, 0) is 24.6 Å². The molecule has 1 atom stereocenters. The van der Waals surface area contributed by atoms with Crippen LogP contribution in [0.4, 0.5) is 5.82 Å². The molecule has 0 fully saturated rings. The molecule has 1 amide bonds. The Bertz CT molecular complexity index is 854. The molecule has 1 heterocycles. The van der Waals surface area contributed by atoms with Crippen LogP contribution < -0.4 is 11.1 Å². The van der Waals surface area contributed by atoms with Crippen LogP contribution >= 0.6 is 11.8 Å². The lowest BCUT2D eigenvalue weighted by Crippen LogP contribution is -2.19. The largest absolute Gasteiger partial charge is 0.370 e. The van der Waals surface area contributed by atoms with E-state index >= 15 is 0 Å². The molecular weight excluding hydrogens is 320 g/mol. The normalized spacial score (nSPS) is 12.0. The second kappa shape index (κ2) is 7.31. The van der Waals surface area contributed by atoms with Gasteiger partial charge in [-0.1, -0.05) is 54.2 Å². The number of aromatic nitrogens is 2. The first kappa shape index (κ1) is 16.3. The molecule has 0 aliphatic rings. The first-order chi connectivity index (χ1) is 11.7. The molecule has 1 unspecified atom stereocenters. The van der Waals surface area contributed by atoms with Crippen molar-refractivity contribution in [2.75, 3.05) is 11.9 Å². The lowest BCUT2D eigenvalue weighted by molar-refractivity contribution is -0.117. The molecule has 3 rings (SSSR count). The lowest BCUT2D eigenvalue weighted by atomic mass is 10.1. The van der Waals surface area contributed by atoms with E-state index in [0.717, 1.165) is 28.8 Å². The van der Waals surface area contributed by atoms with E-state index in [4.69, 9.17) is 5.73 Å². The number of nitrogens with zero attached hydrogens (tertiary/aromatic N) is 2. The van der Waals surface area contributed by atoms with Crippen molar-refractivity contribution < 1.29 is 4.79 Å². The summed E-state index contributed by atoms with van der Waals surface area (Å²) in [6.07, 6.45) is 0. The SMILES string of the molecule is CCNc1nc(SC(C(N)=O)c2ccccc2)nc2ccccc12. The summed E-state index contributed by atoms with van der Waals surface area (Å²) >= 11 is 1.27. The number of rotatable bonds is 6. The number of thioether (sulfide) groups is 1. The van der Waals surface area contributed by atoms with Gasteiger partial charge in [0.15, 0.2) is 5.16 Å². The van der Waals surface area contributed by atoms with Crippen LogP contribution in [0.15, 0.2) is 59.8 Å². The van der Waals surface area contributed by atoms with Crippen molar-refractivity contribution in [2.45, 2.75) is 17.3 Å². The Balaban J connectivity index is 2.00. The number of carbonyl (C=O) groups excluding carboxylic acids is 1. The quantitative estimate of drug-likeness (QED) is 0.532. The number of carbonyl (C=O) groups is 1. The fraction of sp³-hybridized carbons (Fsp3) is 0.167. The highest BCUT2D eigenvalue weighted by Gasteiger charge is 2.21. The van der Waals surface area contributed by atoms with Crippen molar-refractivity contribution in [1.82, 2.24) is 9.97 Å². The lowest BCUT2D eigenvalue weighted by Gasteiger charge is -2.14. The maximum absolute atomic E-state index is 11.9. The van der Waals surface area contributed by atoms with Crippen LogP contribution in [-0.2, 0) is 4.79 Å². The van der Waals surface area contributed by atoms with Gasteiger partial charge in [-0.2, -0.15) is 0 Å². The van der Waals surface area contributed by atoms with E-state index in [1.807, 2.05) is 61.5 Å². The first-order valence-corrected chi connectivity index (χ1v) is 8.58. The van der Waals surface area contributed by atoms with Crippen molar-refractivity contribution in [3.8, 4) is 0 Å². The first-order valence-electron chi connectivity index (χ1n) is 7.70. The number of hydrogen-bond acceptors (Lipinski definition) is 5. The topological polar surface area (TPSA) is 80.9 Å². The average Bonchev–Trinajstić information content (AvgIpc) is 2.60. The highest BCUT2D eigenvalue weighted by molar-refractivity contribution is 8.00. The van der Waals surface area contributed by atoms with Crippen molar-refractivity contribution in [3.05, 3.63) is 60.2 Å². The molecule has 0 bridgehead atoms. The second-order valence-corrected chi connectivity index (χ2v) is 6.29. The molecule has 0 aliphatic carbocycles. The number of nitrogens with two attached hydrogens (primary N) is 1. The van der Waals surface area contributed by atoms with Crippen LogP contribution in [0.1, 0.15) is 17.7 Å². The van der Waals surface area contributed by atoms with Gasteiger partial charge in [-0.15, -0.1) is 0 Å². The molecule has 3 N–H and O–H groups in total. The van der Waals surface area contributed by atoms with Gasteiger partial charge in [0.1, 0.15) is 11.1 Å². The molecule has 3 aromatic rings. The predicted molar refractivity (Wildman–Crippen MR) is 97.9 cm³/mol. The summed E-state index contributed by atoms with van der Waals surface area (Å²) in [7, 11) is 0. The van der Waals surface area contributed by atoms with E-state index in [1.54, 1.807) is 0 Å². The van der Waals surface area contributed by atoms with Gasteiger partial charge in [-0.3, -0.25) is 4.79 Å². The minimum absolute atomic E-state index is 0.409. The van der Waals surface area contributed by atoms with Gasteiger partial charge < -0.3 is 11.1 Å². The van der Waals surface area contributed by atoms with E-state index in [1.165, 1.54) is 11.8 Å². The number of nitrogens with one attached hydrogen (secondary N) is 1. The van der Waals surface area contributed by atoms with Gasteiger partial charge in [0, 0.05) is 11.9 Å². The Morgan fingerprint density at radius 1 is 1.12 bits per heavy atom. The molecule has 122 valence electrons.